The summed E-state index contributed by atoms with van der Waals surface area (Å²) in [6.07, 6.45) is 6.60. The first-order valence-electron chi connectivity index (χ1n) is 6.02. The van der Waals surface area contributed by atoms with Gasteiger partial charge in [0.1, 0.15) is 0 Å². The molecule has 15 heavy (non-hydrogen) atoms. The topological polar surface area (TPSA) is 49.3 Å². The normalized spacial score (nSPS) is 26.7. The Bertz CT molecular complexity index is 177. The van der Waals surface area contributed by atoms with Gasteiger partial charge >= 0.3 is 0 Å². The molecule has 0 bridgehead atoms. The molecule has 1 saturated heterocycles. The molecule has 1 heterocycles. The maximum atomic E-state index is 11.1. The average molecular weight is 233 g/mol. The third-order valence-corrected chi connectivity index (χ3v) is 4.29. The van der Waals surface area contributed by atoms with Crippen molar-refractivity contribution < 1.29 is 9.32 Å². The zero-order valence-corrected chi connectivity index (χ0v) is 10.2. The minimum absolute atomic E-state index is 0.321. The van der Waals surface area contributed by atoms with Crippen LogP contribution in [0, 0.1) is 0 Å². The molecule has 0 aromatic heterocycles. The number of hydrogen-bond donors (Lipinski definition) is 2. The second-order valence-corrected chi connectivity index (χ2v) is 5.91. The van der Waals surface area contributed by atoms with Crippen LogP contribution < -0.4 is 5.32 Å². The van der Waals surface area contributed by atoms with Crippen LogP contribution in [0.2, 0.25) is 0 Å². The summed E-state index contributed by atoms with van der Waals surface area (Å²) < 4.78 is 11.1. The lowest BCUT2D eigenvalue weighted by Gasteiger charge is -2.22. The van der Waals surface area contributed by atoms with Gasteiger partial charge < -0.3 is 10.4 Å². The molecule has 90 valence electrons. The van der Waals surface area contributed by atoms with E-state index < -0.39 is 10.8 Å². The summed E-state index contributed by atoms with van der Waals surface area (Å²) in [6.45, 7) is 1.39. The van der Waals surface area contributed by atoms with Crippen LogP contribution in [-0.4, -0.2) is 40.0 Å². The van der Waals surface area contributed by atoms with E-state index in [1.54, 1.807) is 0 Å². The van der Waals surface area contributed by atoms with E-state index in [2.05, 4.69) is 5.32 Å². The molecule has 1 rings (SSSR count). The average Bonchev–Trinajstić information content (AvgIpc) is 2.26. The van der Waals surface area contributed by atoms with Crippen LogP contribution in [0.15, 0.2) is 0 Å². The smallest absolute Gasteiger partial charge is 0.0431 e. The molecule has 0 radical (unpaired) electrons. The number of hydrogen-bond acceptors (Lipinski definition) is 3. The Kier molecular flexibility index (Phi) is 7.22. The maximum absolute atomic E-state index is 11.1. The van der Waals surface area contributed by atoms with Crippen LogP contribution >= 0.6 is 0 Å². The summed E-state index contributed by atoms with van der Waals surface area (Å²) in [4.78, 5) is 0. The predicted octanol–water partition coefficient (Wildman–Crippen LogP) is 1.04. The molecule has 0 aromatic carbocycles. The van der Waals surface area contributed by atoms with Crippen molar-refractivity contribution in [1.82, 2.24) is 5.32 Å². The quantitative estimate of drug-likeness (QED) is 0.646. The van der Waals surface area contributed by atoms with Gasteiger partial charge in [-0.3, -0.25) is 4.21 Å². The number of rotatable bonds is 7. The molecule has 3 nitrogen and oxygen atoms in total. The van der Waals surface area contributed by atoms with E-state index in [4.69, 9.17) is 5.11 Å². The second-order valence-electron chi connectivity index (χ2n) is 4.21. The highest BCUT2D eigenvalue weighted by atomic mass is 32.2. The van der Waals surface area contributed by atoms with Gasteiger partial charge in [0.25, 0.3) is 0 Å². The summed E-state index contributed by atoms with van der Waals surface area (Å²) in [6, 6.07) is 0.598. The number of nitrogens with one attached hydrogen (secondary N) is 1. The lowest BCUT2D eigenvalue weighted by molar-refractivity contribution is 0.282. The number of aliphatic hydroxyl groups is 1. The second kappa shape index (κ2) is 8.25. The maximum Gasteiger partial charge on any atom is 0.0431 e. The van der Waals surface area contributed by atoms with Crippen molar-refractivity contribution in [1.29, 1.82) is 0 Å². The summed E-state index contributed by atoms with van der Waals surface area (Å²) in [5, 5.41) is 12.1. The zero-order valence-electron chi connectivity index (χ0n) is 9.41. The molecule has 0 saturated carbocycles. The van der Waals surface area contributed by atoms with Crippen molar-refractivity contribution in [2.24, 2.45) is 0 Å². The lowest BCUT2D eigenvalue weighted by atomic mass is 10.1. The Morgan fingerprint density at radius 2 is 1.80 bits per heavy atom. The van der Waals surface area contributed by atoms with Crippen molar-refractivity contribution in [2.45, 2.75) is 44.6 Å². The van der Waals surface area contributed by atoms with Gasteiger partial charge in [0.2, 0.25) is 0 Å². The van der Waals surface area contributed by atoms with E-state index in [0.29, 0.717) is 12.6 Å². The van der Waals surface area contributed by atoms with E-state index in [1.807, 2.05) is 0 Å². The Labute approximate surface area is 95.1 Å². The van der Waals surface area contributed by atoms with Gasteiger partial charge in [-0.15, -0.1) is 0 Å². The van der Waals surface area contributed by atoms with Crippen LogP contribution in [0.25, 0.3) is 0 Å². The summed E-state index contributed by atoms with van der Waals surface area (Å²) in [7, 11) is -0.540. The molecule has 0 atom stereocenters. The molecule has 2 N–H and O–H groups in total. The highest BCUT2D eigenvalue weighted by Gasteiger charge is 2.16. The van der Waals surface area contributed by atoms with Crippen LogP contribution in [0.3, 0.4) is 0 Å². The molecule has 1 aliphatic heterocycles. The van der Waals surface area contributed by atoms with Gasteiger partial charge in [0, 0.05) is 35.0 Å². The third kappa shape index (κ3) is 6.28. The van der Waals surface area contributed by atoms with Crippen molar-refractivity contribution in [3.05, 3.63) is 0 Å². The molecule has 0 amide bonds. The van der Waals surface area contributed by atoms with Gasteiger partial charge in [-0.2, -0.15) is 0 Å². The number of aliphatic hydroxyl groups excluding tert-OH is 1. The largest absolute Gasteiger partial charge is 0.396 e. The fraction of sp³-hybridized carbons (Fsp3) is 1.00. The van der Waals surface area contributed by atoms with Crippen LogP contribution in [0.4, 0.5) is 0 Å². The fourth-order valence-corrected chi connectivity index (χ4v) is 3.19. The predicted molar refractivity (Wildman–Crippen MR) is 64.5 cm³/mol. The van der Waals surface area contributed by atoms with E-state index in [1.165, 1.54) is 12.8 Å². The van der Waals surface area contributed by atoms with E-state index in [0.717, 1.165) is 43.7 Å². The van der Waals surface area contributed by atoms with Crippen molar-refractivity contribution in [3.63, 3.8) is 0 Å². The van der Waals surface area contributed by atoms with E-state index >= 15 is 0 Å². The molecule has 1 aliphatic rings. The van der Waals surface area contributed by atoms with Crippen LogP contribution in [0.1, 0.15) is 38.5 Å². The Hall–Kier alpha value is 0.0700. The fourth-order valence-electron chi connectivity index (χ4n) is 1.89. The van der Waals surface area contributed by atoms with E-state index in [-0.39, 0.29) is 0 Å². The third-order valence-electron chi connectivity index (χ3n) is 2.91. The minimum atomic E-state index is -0.540. The van der Waals surface area contributed by atoms with Gasteiger partial charge in [-0.1, -0.05) is 12.8 Å². The van der Waals surface area contributed by atoms with Crippen LogP contribution in [-0.2, 0) is 10.8 Å². The molecule has 1 fully saturated rings. The highest BCUT2D eigenvalue weighted by Crippen LogP contribution is 2.09. The Morgan fingerprint density at radius 3 is 2.47 bits per heavy atom. The Morgan fingerprint density at radius 1 is 1.13 bits per heavy atom. The Balaban J connectivity index is 1.89. The first-order valence-corrected chi connectivity index (χ1v) is 7.51. The molecule has 0 aliphatic carbocycles. The molecule has 0 spiro atoms. The molecule has 0 unspecified atom stereocenters. The van der Waals surface area contributed by atoms with Crippen LogP contribution in [0.5, 0.6) is 0 Å². The molecular formula is C11H23NO2S. The standard InChI is InChI=1S/C11H23NO2S/c13-8-4-2-1-3-7-12-11-5-9-15(14)10-6-11/h11-13H,1-10H2. The monoisotopic (exact) mass is 233 g/mol. The van der Waals surface area contributed by atoms with Crippen molar-refractivity contribution in [3.8, 4) is 0 Å². The van der Waals surface area contributed by atoms with E-state index in [9.17, 15) is 4.21 Å². The molecular weight excluding hydrogens is 210 g/mol. The van der Waals surface area contributed by atoms with Gasteiger partial charge in [-0.05, 0) is 32.2 Å². The first-order chi connectivity index (χ1) is 7.33. The lowest BCUT2D eigenvalue weighted by Crippen LogP contribution is -2.36. The summed E-state index contributed by atoms with van der Waals surface area (Å²) >= 11 is 0. The summed E-state index contributed by atoms with van der Waals surface area (Å²) in [5.41, 5.74) is 0. The van der Waals surface area contributed by atoms with Gasteiger partial charge in [0.05, 0.1) is 0 Å². The van der Waals surface area contributed by atoms with Crippen molar-refractivity contribution >= 4 is 10.8 Å². The van der Waals surface area contributed by atoms with Crippen molar-refractivity contribution in [2.75, 3.05) is 24.7 Å². The molecule has 0 aromatic rings. The van der Waals surface area contributed by atoms with Gasteiger partial charge in [-0.25, -0.2) is 0 Å². The highest BCUT2D eigenvalue weighted by molar-refractivity contribution is 7.85. The number of unbranched alkanes of at least 4 members (excludes halogenated alkanes) is 3. The zero-order chi connectivity index (χ0) is 10.9. The SMILES string of the molecule is O=S1CCC(NCCCCCCO)CC1. The molecule has 4 heteroatoms. The van der Waals surface area contributed by atoms with Gasteiger partial charge in [0.15, 0.2) is 0 Å². The first kappa shape index (κ1) is 13.1. The summed E-state index contributed by atoms with van der Waals surface area (Å²) in [5.74, 6) is 1.75. The minimum Gasteiger partial charge on any atom is -0.396 e.